The number of aryl methyl sites for hydroxylation is 3. The molecule has 0 saturated heterocycles. The number of hydrogen-bond acceptors (Lipinski definition) is 3. The lowest BCUT2D eigenvalue weighted by atomic mass is 10.2. The van der Waals surface area contributed by atoms with Crippen molar-refractivity contribution in [2.24, 2.45) is 7.05 Å². The number of anilines is 1. The van der Waals surface area contributed by atoms with Gasteiger partial charge in [0.15, 0.2) is 0 Å². The van der Waals surface area contributed by atoms with Crippen LogP contribution in [0.3, 0.4) is 0 Å². The lowest BCUT2D eigenvalue weighted by Gasteiger charge is -2.08. The first-order valence-corrected chi connectivity index (χ1v) is 5.90. The normalized spacial score (nSPS) is 10.7. The Hall–Kier alpha value is -2.04. The third-order valence-electron chi connectivity index (χ3n) is 3.06. The van der Waals surface area contributed by atoms with Gasteiger partial charge in [0, 0.05) is 31.9 Å². The van der Waals surface area contributed by atoms with E-state index in [0.717, 1.165) is 22.6 Å². The van der Waals surface area contributed by atoms with Gasteiger partial charge >= 0.3 is 0 Å². The maximum Gasteiger partial charge on any atom is 0.251 e. The van der Waals surface area contributed by atoms with Crippen LogP contribution in [0.4, 0.5) is 5.82 Å². The molecule has 0 saturated carbocycles. The highest BCUT2D eigenvalue weighted by atomic mass is 16.1. The zero-order valence-corrected chi connectivity index (χ0v) is 11.2. The maximum absolute atomic E-state index is 11.9. The molecule has 2 aromatic heterocycles. The van der Waals surface area contributed by atoms with E-state index in [0.29, 0.717) is 6.54 Å². The predicted octanol–water partition coefficient (Wildman–Crippen LogP) is 1.29. The minimum Gasteiger partial charge on any atom is -0.373 e. The first kappa shape index (κ1) is 12.4. The van der Waals surface area contributed by atoms with Crippen LogP contribution in [0.25, 0.3) is 0 Å². The Morgan fingerprint density at radius 1 is 1.39 bits per heavy atom. The van der Waals surface area contributed by atoms with Gasteiger partial charge in [-0.3, -0.25) is 9.48 Å². The molecule has 5 heteroatoms. The molecule has 0 aliphatic rings. The summed E-state index contributed by atoms with van der Waals surface area (Å²) < 4.78 is 3.49. The standard InChI is InChI=1S/C13H18N4O/c1-9-5-6-17(12(18)7-9)8-11-10(2)15-16(4)13(11)14-3/h5-7,14H,8H2,1-4H3. The van der Waals surface area contributed by atoms with Crippen LogP contribution in [0.15, 0.2) is 23.1 Å². The van der Waals surface area contributed by atoms with Crippen LogP contribution in [0.2, 0.25) is 0 Å². The summed E-state index contributed by atoms with van der Waals surface area (Å²) in [6.07, 6.45) is 1.82. The summed E-state index contributed by atoms with van der Waals surface area (Å²) in [5, 5.41) is 7.48. The molecule has 18 heavy (non-hydrogen) atoms. The smallest absolute Gasteiger partial charge is 0.251 e. The fourth-order valence-electron chi connectivity index (χ4n) is 2.11. The van der Waals surface area contributed by atoms with Crippen molar-refractivity contribution < 1.29 is 0 Å². The molecule has 2 aromatic rings. The predicted molar refractivity (Wildman–Crippen MR) is 72.0 cm³/mol. The van der Waals surface area contributed by atoms with Crippen LogP contribution < -0.4 is 10.9 Å². The van der Waals surface area contributed by atoms with Crippen LogP contribution in [-0.4, -0.2) is 21.4 Å². The number of nitrogens with zero attached hydrogens (tertiary/aromatic N) is 3. The lowest BCUT2D eigenvalue weighted by molar-refractivity contribution is 0.752. The SMILES string of the molecule is CNc1c(Cn2ccc(C)cc2=O)c(C)nn1C. The first-order valence-electron chi connectivity index (χ1n) is 5.90. The van der Waals surface area contributed by atoms with Crippen molar-refractivity contribution >= 4 is 5.82 Å². The molecule has 0 amide bonds. The molecule has 0 aliphatic heterocycles. The topological polar surface area (TPSA) is 51.9 Å². The molecule has 5 nitrogen and oxygen atoms in total. The van der Waals surface area contributed by atoms with Crippen LogP contribution >= 0.6 is 0 Å². The van der Waals surface area contributed by atoms with Gasteiger partial charge in [-0.15, -0.1) is 0 Å². The molecule has 0 spiro atoms. The van der Waals surface area contributed by atoms with Gasteiger partial charge in [-0.1, -0.05) is 0 Å². The van der Waals surface area contributed by atoms with Crippen LogP contribution in [-0.2, 0) is 13.6 Å². The fraction of sp³-hybridized carbons (Fsp3) is 0.385. The molecule has 2 heterocycles. The van der Waals surface area contributed by atoms with Crippen molar-refractivity contribution in [1.29, 1.82) is 0 Å². The minimum absolute atomic E-state index is 0.0142. The fourth-order valence-corrected chi connectivity index (χ4v) is 2.11. The molecule has 96 valence electrons. The second-order valence-corrected chi connectivity index (χ2v) is 4.46. The lowest BCUT2D eigenvalue weighted by Crippen LogP contribution is -2.20. The van der Waals surface area contributed by atoms with E-state index in [1.54, 1.807) is 15.3 Å². The highest BCUT2D eigenvalue weighted by molar-refractivity contribution is 5.47. The second kappa shape index (κ2) is 4.68. The molecule has 0 radical (unpaired) electrons. The van der Waals surface area contributed by atoms with Crippen LogP contribution in [0, 0.1) is 13.8 Å². The Morgan fingerprint density at radius 2 is 2.11 bits per heavy atom. The van der Waals surface area contributed by atoms with E-state index in [1.807, 2.05) is 40.2 Å². The molecule has 0 fully saturated rings. The average molecular weight is 246 g/mol. The van der Waals surface area contributed by atoms with Crippen molar-refractivity contribution in [3.63, 3.8) is 0 Å². The van der Waals surface area contributed by atoms with E-state index in [4.69, 9.17) is 0 Å². The number of hydrogen-bond donors (Lipinski definition) is 1. The van der Waals surface area contributed by atoms with Gasteiger partial charge in [0.2, 0.25) is 0 Å². The zero-order chi connectivity index (χ0) is 13.3. The summed E-state index contributed by atoms with van der Waals surface area (Å²) in [4.78, 5) is 11.9. The van der Waals surface area contributed by atoms with E-state index < -0.39 is 0 Å². The maximum atomic E-state index is 11.9. The quantitative estimate of drug-likeness (QED) is 0.888. The van der Waals surface area contributed by atoms with Crippen molar-refractivity contribution in [2.45, 2.75) is 20.4 Å². The summed E-state index contributed by atoms with van der Waals surface area (Å²) in [5.74, 6) is 0.944. The summed E-state index contributed by atoms with van der Waals surface area (Å²) in [7, 11) is 3.75. The Balaban J connectivity index is 2.43. The third kappa shape index (κ3) is 2.16. The van der Waals surface area contributed by atoms with E-state index in [1.165, 1.54) is 0 Å². The minimum atomic E-state index is 0.0142. The number of pyridine rings is 1. The van der Waals surface area contributed by atoms with Crippen molar-refractivity contribution in [3.8, 4) is 0 Å². The van der Waals surface area contributed by atoms with Gasteiger partial charge in [0.25, 0.3) is 5.56 Å². The summed E-state index contributed by atoms with van der Waals surface area (Å²) in [5.41, 5.74) is 2.98. The molecule has 0 atom stereocenters. The Kier molecular flexibility index (Phi) is 3.23. The molecule has 0 aliphatic carbocycles. The largest absolute Gasteiger partial charge is 0.373 e. The van der Waals surface area contributed by atoms with E-state index >= 15 is 0 Å². The van der Waals surface area contributed by atoms with Crippen molar-refractivity contribution in [3.05, 3.63) is 45.5 Å². The average Bonchev–Trinajstić information content (AvgIpc) is 2.57. The molecule has 0 bridgehead atoms. The Bertz CT molecular complexity index is 624. The number of nitrogens with one attached hydrogen (secondary N) is 1. The molecular formula is C13H18N4O. The van der Waals surface area contributed by atoms with Crippen LogP contribution in [0.1, 0.15) is 16.8 Å². The number of aromatic nitrogens is 3. The molecule has 1 N–H and O–H groups in total. The van der Waals surface area contributed by atoms with E-state index in [9.17, 15) is 4.79 Å². The van der Waals surface area contributed by atoms with Crippen LogP contribution in [0.5, 0.6) is 0 Å². The van der Waals surface area contributed by atoms with Gasteiger partial charge in [0.1, 0.15) is 5.82 Å². The van der Waals surface area contributed by atoms with Gasteiger partial charge in [-0.2, -0.15) is 5.10 Å². The Morgan fingerprint density at radius 3 is 2.72 bits per heavy atom. The first-order chi connectivity index (χ1) is 8.52. The van der Waals surface area contributed by atoms with Gasteiger partial charge in [0.05, 0.1) is 12.2 Å². The van der Waals surface area contributed by atoms with Crippen molar-refractivity contribution in [1.82, 2.24) is 14.3 Å². The number of rotatable bonds is 3. The molecule has 0 unspecified atom stereocenters. The molecular weight excluding hydrogens is 228 g/mol. The van der Waals surface area contributed by atoms with Gasteiger partial charge in [-0.05, 0) is 25.5 Å². The van der Waals surface area contributed by atoms with Gasteiger partial charge in [-0.25, -0.2) is 0 Å². The second-order valence-electron chi connectivity index (χ2n) is 4.46. The monoisotopic (exact) mass is 246 g/mol. The molecule has 2 rings (SSSR count). The summed E-state index contributed by atoms with van der Waals surface area (Å²) in [6, 6.07) is 3.58. The van der Waals surface area contributed by atoms with E-state index in [2.05, 4.69) is 10.4 Å². The molecule has 0 aromatic carbocycles. The highest BCUT2D eigenvalue weighted by Crippen LogP contribution is 2.18. The zero-order valence-electron chi connectivity index (χ0n) is 11.2. The summed E-state index contributed by atoms with van der Waals surface area (Å²) >= 11 is 0. The van der Waals surface area contributed by atoms with Gasteiger partial charge < -0.3 is 9.88 Å². The third-order valence-corrected chi connectivity index (χ3v) is 3.06. The summed E-state index contributed by atoms with van der Waals surface area (Å²) in [6.45, 7) is 4.41. The van der Waals surface area contributed by atoms with E-state index in [-0.39, 0.29) is 5.56 Å². The Labute approximate surface area is 106 Å². The highest BCUT2D eigenvalue weighted by Gasteiger charge is 2.12. The van der Waals surface area contributed by atoms with Crippen molar-refractivity contribution in [2.75, 3.05) is 12.4 Å².